The molecule has 0 saturated heterocycles. The van der Waals surface area contributed by atoms with Gasteiger partial charge in [0, 0.05) is 0 Å². The van der Waals surface area contributed by atoms with Gasteiger partial charge in [0.15, 0.2) is 11.3 Å². The van der Waals surface area contributed by atoms with E-state index in [4.69, 9.17) is 11.6 Å². The molecule has 1 atom stereocenters. The molecule has 1 unspecified atom stereocenters. The fourth-order valence-electron chi connectivity index (χ4n) is 0.840. The number of fused-ring (bicyclic) bond motifs is 1. The number of alkyl halides is 1. The van der Waals surface area contributed by atoms with Gasteiger partial charge >= 0.3 is 6.03 Å². The number of nitrogens with zero attached hydrogens (tertiary/aromatic N) is 3. The van der Waals surface area contributed by atoms with Crippen LogP contribution >= 0.6 is 11.6 Å². The summed E-state index contributed by atoms with van der Waals surface area (Å²) in [6.07, 6.45) is 1.30. The summed E-state index contributed by atoms with van der Waals surface area (Å²) in [5, 5.41) is 2.42. The lowest BCUT2D eigenvalue weighted by molar-refractivity contribution is 0.254. The van der Waals surface area contributed by atoms with E-state index in [2.05, 4.69) is 20.3 Å². The predicted octanol–water partition coefficient (Wildman–Crippen LogP) is 0.156. The first kappa shape index (κ1) is 6.48. The molecule has 0 radical (unpaired) electrons. The van der Waals surface area contributed by atoms with Gasteiger partial charge in [0.25, 0.3) is 0 Å². The second kappa shape index (κ2) is 2.13. The zero-order chi connectivity index (χ0) is 7.84. The maximum absolute atomic E-state index is 10.7. The quantitative estimate of drug-likeness (QED) is 0.408. The van der Waals surface area contributed by atoms with Crippen molar-refractivity contribution >= 4 is 35.5 Å². The fourth-order valence-corrected chi connectivity index (χ4v) is 1.04. The van der Waals surface area contributed by atoms with Gasteiger partial charge in [0.05, 0.1) is 0 Å². The lowest BCUT2D eigenvalue weighted by Crippen LogP contribution is -2.32. The third-order valence-electron chi connectivity index (χ3n) is 1.30. The second-order valence-corrected chi connectivity index (χ2v) is 2.42. The van der Waals surface area contributed by atoms with Crippen LogP contribution in [0.15, 0.2) is 15.0 Å². The summed E-state index contributed by atoms with van der Waals surface area (Å²) in [5.41, 5.74) is -0.180. The zero-order valence-electron chi connectivity index (χ0n) is 5.28. The van der Waals surface area contributed by atoms with E-state index in [0.717, 1.165) is 0 Å². The molecule has 0 aromatic rings. The van der Waals surface area contributed by atoms with Crippen molar-refractivity contribution < 1.29 is 4.79 Å². The first-order chi connectivity index (χ1) is 5.27. The summed E-state index contributed by atoms with van der Waals surface area (Å²) in [6, 6.07) is -0.435. The molecule has 6 heteroatoms. The molecule has 0 bridgehead atoms. The molecule has 11 heavy (non-hydrogen) atoms. The second-order valence-electron chi connectivity index (χ2n) is 2.01. The number of nitrogens with one attached hydrogen (secondary N) is 1. The minimum absolute atomic E-state index is 0.402. The predicted molar refractivity (Wildman–Crippen MR) is 41.5 cm³/mol. The van der Waals surface area contributed by atoms with Crippen LogP contribution in [-0.2, 0) is 0 Å². The summed E-state index contributed by atoms with van der Waals surface area (Å²) in [4.78, 5) is 21.8. The normalized spacial score (nSPS) is 27.4. The van der Waals surface area contributed by atoms with E-state index in [1.807, 2.05) is 0 Å². The molecule has 2 aliphatic rings. The van der Waals surface area contributed by atoms with Crippen LogP contribution in [0.5, 0.6) is 0 Å². The molecule has 0 spiro atoms. The van der Waals surface area contributed by atoms with E-state index in [1.165, 1.54) is 6.34 Å². The fraction of sp³-hybridized carbons (Fsp3) is 0.200. The minimum atomic E-state index is -0.582. The third kappa shape index (κ3) is 0.932. The van der Waals surface area contributed by atoms with Gasteiger partial charge in [0.1, 0.15) is 12.1 Å². The number of rotatable bonds is 0. The number of urea groups is 1. The number of amidine groups is 1. The van der Waals surface area contributed by atoms with Crippen molar-refractivity contribution in [1.29, 1.82) is 0 Å². The van der Waals surface area contributed by atoms with Gasteiger partial charge in [-0.2, -0.15) is 4.99 Å². The molecule has 0 fully saturated rings. The standard InChI is InChI=1S/C5H3ClN4O/c6-3-2-4(8-1-7-3)10-5(11)9-2/h1,3H,(H,7,8,10,11). The molecule has 0 saturated carbocycles. The number of amides is 2. The van der Waals surface area contributed by atoms with E-state index in [-0.39, 0.29) is 0 Å². The maximum atomic E-state index is 10.7. The number of hydrogen-bond donors (Lipinski definition) is 1. The van der Waals surface area contributed by atoms with Gasteiger partial charge in [-0.05, 0) is 0 Å². The third-order valence-corrected chi connectivity index (χ3v) is 1.62. The molecule has 0 aromatic heterocycles. The van der Waals surface area contributed by atoms with Crippen molar-refractivity contribution in [1.82, 2.24) is 5.32 Å². The molecule has 5 nitrogen and oxygen atoms in total. The Balaban J connectivity index is 2.43. The summed E-state index contributed by atoms with van der Waals surface area (Å²) in [6.45, 7) is 0. The summed E-state index contributed by atoms with van der Waals surface area (Å²) in [5.74, 6) is 0.407. The van der Waals surface area contributed by atoms with Gasteiger partial charge < -0.3 is 0 Å². The molecular weight excluding hydrogens is 168 g/mol. The van der Waals surface area contributed by atoms with Crippen molar-refractivity contribution in [3.05, 3.63) is 0 Å². The van der Waals surface area contributed by atoms with Gasteiger partial charge in [0.2, 0.25) is 0 Å². The lowest BCUT2D eigenvalue weighted by Gasteiger charge is -2.06. The molecule has 2 amide bonds. The van der Waals surface area contributed by atoms with Gasteiger partial charge in [-0.1, -0.05) is 11.6 Å². The van der Waals surface area contributed by atoms with Crippen molar-refractivity contribution in [2.75, 3.05) is 0 Å². The zero-order valence-corrected chi connectivity index (χ0v) is 6.04. The molecule has 2 aliphatic heterocycles. The molecule has 56 valence electrons. The Labute approximate surface area is 66.9 Å². The first-order valence-electron chi connectivity index (χ1n) is 2.91. The van der Waals surface area contributed by atoms with Gasteiger partial charge in [-0.3, -0.25) is 5.32 Å². The number of aliphatic imine (C=N–C) groups is 3. The van der Waals surface area contributed by atoms with Crippen LogP contribution in [0.4, 0.5) is 4.79 Å². The Morgan fingerprint density at radius 2 is 2.45 bits per heavy atom. The van der Waals surface area contributed by atoms with Crippen molar-refractivity contribution in [3.8, 4) is 0 Å². The number of carbonyl (C=O) groups excluding carboxylic acids is 1. The monoisotopic (exact) mass is 170 g/mol. The van der Waals surface area contributed by atoms with E-state index in [1.54, 1.807) is 0 Å². The molecule has 0 aliphatic carbocycles. The van der Waals surface area contributed by atoms with Gasteiger partial charge in [-0.25, -0.2) is 14.8 Å². The largest absolute Gasteiger partial charge is 0.347 e. The van der Waals surface area contributed by atoms with Crippen LogP contribution in [0.2, 0.25) is 0 Å². The summed E-state index contributed by atoms with van der Waals surface area (Å²) < 4.78 is 0. The molecule has 2 rings (SSSR count). The van der Waals surface area contributed by atoms with E-state index < -0.39 is 11.5 Å². The van der Waals surface area contributed by atoms with Crippen LogP contribution in [0.1, 0.15) is 0 Å². The first-order valence-corrected chi connectivity index (χ1v) is 3.34. The average molecular weight is 171 g/mol. The SMILES string of the molecule is O=C1N=C2C(=NC=NC2Cl)N1. The van der Waals surface area contributed by atoms with Crippen LogP contribution in [-0.4, -0.2) is 29.4 Å². The summed E-state index contributed by atoms with van der Waals surface area (Å²) in [7, 11) is 0. The Bertz CT molecular complexity index is 306. The number of halogens is 1. The number of hydrogen-bond acceptors (Lipinski definition) is 3. The van der Waals surface area contributed by atoms with Crippen LogP contribution in [0.25, 0.3) is 0 Å². The molecular formula is C5H3ClN4O. The van der Waals surface area contributed by atoms with E-state index in [0.29, 0.717) is 11.5 Å². The molecule has 1 N–H and O–H groups in total. The molecule has 0 aromatic carbocycles. The van der Waals surface area contributed by atoms with Crippen molar-refractivity contribution in [2.24, 2.45) is 15.0 Å². The van der Waals surface area contributed by atoms with Gasteiger partial charge in [-0.15, -0.1) is 0 Å². The van der Waals surface area contributed by atoms with Crippen molar-refractivity contribution in [2.45, 2.75) is 5.50 Å². The van der Waals surface area contributed by atoms with Crippen LogP contribution in [0, 0.1) is 0 Å². The number of carbonyl (C=O) groups is 1. The lowest BCUT2D eigenvalue weighted by atomic mass is 10.3. The maximum Gasteiger partial charge on any atom is 0.347 e. The average Bonchev–Trinajstić information content (AvgIpc) is 2.31. The Morgan fingerprint density at radius 1 is 1.64 bits per heavy atom. The Hall–Kier alpha value is -1.23. The Kier molecular flexibility index (Phi) is 1.25. The smallest absolute Gasteiger partial charge is 0.289 e. The highest BCUT2D eigenvalue weighted by atomic mass is 35.5. The Morgan fingerprint density at radius 3 is 3.18 bits per heavy atom. The van der Waals surface area contributed by atoms with Crippen LogP contribution in [0.3, 0.4) is 0 Å². The van der Waals surface area contributed by atoms with Crippen molar-refractivity contribution in [3.63, 3.8) is 0 Å². The van der Waals surface area contributed by atoms with Crippen LogP contribution < -0.4 is 5.32 Å². The van der Waals surface area contributed by atoms with E-state index in [9.17, 15) is 4.79 Å². The highest BCUT2D eigenvalue weighted by molar-refractivity contribution is 6.58. The summed E-state index contributed by atoms with van der Waals surface area (Å²) >= 11 is 5.68. The highest BCUT2D eigenvalue weighted by Crippen LogP contribution is 2.09. The highest BCUT2D eigenvalue weighted by Gasteiger charge is 2.28. The topological polar surface area (TPSA) is 66.2 Å². The minimum Gasteiger partial charge on any atom is -0.289 e. The molecule has 2 heterocycles. The van der Waals surface area contributed by atoms with E-state index >= 15 is 0 Å².